The van der Waals surface area contributed by atoms with Crippen LogP contribution in [0.25, 0.3) is 11.3 Å². The summed E-state index contributed by atoms with van der Waals surface area (Å²) in [5.41, 5.74) is 2.76. The number of aromatic nitrogens is 1. The molecule has 4 nitrogen and oxygen atoms in total. The lowest BCUT2D eigenvalue weighted by atomic mass is 10.1. The first-order chi connectivity index (χ1) is 12.1. The Morgan fingerprint density at radius 2 is 1.88 bits per heavy atom. The van der Waals surface area contributed by atoms with Crippen LogP contribution in [0.1, 0.15) is 19.4 Å². The van der Waals surface area contributed by atoms with Gasteiger partial charge in [0.15, 0.2) is 0 Å². The van der Waals surface area contributed by atoms with E-state index in [2.05, 4.69) is 10.1 Å². The molecule has 0 atom stereocenters. The standard InChI is InChI=1S/C19H18FN3OS/c1-3-21-19-23(22-13(2)14-8-10-15(24)11-9-14)18(12-25-19)16-6-4-5-7-17(16)20/h4-12,24H,3H2,1-2H3. The summed E-state index contributed by atoms with van der Waals surface area (Å²) >= 11 is 1.43. The van der Waals surface area contributed by atoms with E-state index in [4.69, 9.17) is 0 Å². The lowest BCUT2D eigenvalue weighted by Gasteiger charge is -2.07. The molecule has 0 amide bonds. The van der Waals surface area contributed by atoms with Crippen LogP contribution in [0, 0.1) is 5.82 Å². The molecule has 1 N–H and O–H groups in total. The van der Waals surface area contributed by atoms with Gasteiger partial charge in [0.25, 0.3) is 0 Å². The molecular weight excluding hydrogens is 337 g/mol. The number of hydrogen-bond acceptors (Lipinski definition) is 4. The highest BCUT2D eigenvalue weighted by Gasteiger charge is 2.12. The number of nitrogens with zero attached hydrogens (tertiary/aromatic N) is 3. The molecule has 0 radical (unpaired) electrons. The number of phenolic OH excluding ortho intramolecular Hbond substituents is 1. The number of benzene rings is 2. The lowest BCUT2D eigenvalue weighted by molar-refractivity contribution is 0.475. The Morgan fingerprint density at radius 3 is 2.56 bits per heavy atom. The summed E-state index contributed by atoms with van der Waals surface area (Å²) in [6, 6.07) is 13.4. The predicted octanol–water partition coefficient (Wildman–Crippen LogP) is 4.25. The van der Waals surface area contributed by atoms with E-state index in [1.54, 1.807) is 47.1 Å². The second-order valence-corrected chi connectivity index (χ2v) is 6.24. The van der Waals surface area contributed by atoms with Gasteiger partial charge in [0.1, 0.15) is 11.6 Å². The molecule has 0 bridgehead atoms. The molecule has 0 saturated heterocycles. The minimum absolute atomic E-state index is 0.202. The van der Waals surface area contributed by atoms with E-state index in [0.717, 1.165) is 11.3 Å². The van der Waals surface area contributed by atoms with E-state index in [1.165, 1.54) is 17.4 Å². The Balaban J connectivity index is 2.15. The van der Waals surface area contributed by atoms with Crippen molar-refractivity contribution in [3.63, 3.8) is 0 Å². The fourth-order valence-corrected chi connectivity index (χ4v) is 3.29. The molecule has 0 aliphatic rings. The van der Waals surface area contributed by atoms with Gasteiger partial charge < -0.3 is 5.11 Å². The second-order valence-electron chi connectivity index (χ2n) is 5.40. The molecule has 0 unspecified atom stereocenters. The van der Waals surface area contributed by atoms with Crippen LogP contribution in [0.4, 0.5) is 4.39 Å². The van der Waals surface area contributed by atoms with Gasteiger partial charge in [-0.3, -0.25) is 4.99 Å². The van der Waals surface area contributed by atoms with Crippen molar-refractivity contribution in [2.45, 2.75) is 13.8 Å². The molecule has 2 aromatic carbocycles. The van der Waals surface area contributed by atoms with Gasteiger partial charge in [-0.1, -0.05) is 12.1 Å². The van der Waals surface area contributed by atoms with Gasteiger partial charge in [0.05, 0.1) is 11.4 Å². The van der Waals surface area contributed by atoms with Crippen molar-refractivity contribution in [2.75, 3.05) is 6.54 Å². The van der Waals surface area contributed by atoms with E-state index in [-0.39, 0.29) is 11.6 Å². The second kappa shape index (κ2) is 7.44. The summed E-state index contributed by atoms with van der Waals surface area (Å²) in [6.45, 7) is 4.44. The summed E-state index contributed by atoms with van der Waals surface area (Å²) in [5, 5.41) is 16.0. The van der Waals surface area contributed by atoms with Gasteiger partial charge in [-0.25, -0.2) is 9.07 Å². The Kier molecular flexibility index (Phi) is 5.09. The summed E-state index contributed by atoms with van der Waals surface area (Å²) in [6.07, 6.45) is 0. The third-order valence-electron chi connectivity index (χ3n) is 3.66. The van der Waals surface area contributed by atoms with Gasteiger partial charge in [0.2, 0.25) is 4.80 Å². The highest BCUT2D eigenvalue weighted by atomic mass is 32.1. The average molecular weight is 355 g/mol. The fourth-order valence-electron chi connectivity index (χ4n) is 2.40. The average Bonchev–Trinajstić information content (AvgIpc) is 2.99. The molecule has 0 spiro atoms. The van der Waals surface area contributed by atoms with Crippen molar-refractivity contribution in [2.24, 2.45) is 10.1 Å². The summed E-state index contributed by atoms with van der Waals surface area (Å²) in [5.74, 6) is -0.0944. The topological polar surface area (TPSA) is 49.9 Å². The van der Waals surface area contributed by atoms with E-state index >= 15 is 0 Å². The normalized spacial score (nSPS) is 12.6. The van der Waals surface area contributed by atoms with E-state index in [9.17, 15) is 9.50 Å². The SMILES string of the molecule is CCN=c1scc(-c2ccccc2F)n1N=C(C)c1ccc(O)cc1. The third-order valence-corrected chi connectivity index (χ3v) is 4.52. The van der Waals surface area contributed by atoms with Crippen LogP contribution in [0.15, 0.2) is 64.0 Å². The molecule has 128 valence electrons. The minimum atomic E-state index is -0.297. The Labute approximate surface area is 149 Å². The maximum absolute atomic E-state index is 14.2. The zero-order valence-electron chi connectivity index (χ0n) is 14.0. The number of hydrogen-bond donors (Lipinski definition) is 1. The quantitative estimate of drug-likeness (QED) is 0.699. The van der Waals surface area contributed by atoms with Crippen LogP contribution in [0.5, 0.6) is 5.75 Å². The van der Waals surface area contributed by atoms with Gasteiger partial charge in [-0.05, 0) is 55.8 Å². The van der Waals surface area contributed by atoms with Crippen LogP contribution in [0.2, 0.25) is 0 Å². The first-order valence-electron chi connectivity index (χ1n) is 7.91. The van der Waals surface area contributed by atoms with Crippen molar-refractivity contribution in [3.05, 3.63) is 70.1 Å². The molecule has 0 aliphatic heterocycles. The van der Waals surface area contributed by atoms with E-state index in [1.807, 2.05) is 19.2 Å². The zero-order chi connectivity index (χ0) is 17.8. The molecule has 0 saturated carbocycles. The molecule has 25 heavy (non-hydrogen) atoms. The van der Waals surface area contributed by atoms with Crippen LogP contribution in [-0.2, 0) is 0 Å². The largest absolute Gasteiger partial charge is 0.508 e. The number of thiazole rings is 1. The third kappa shape index (κ3) is 3.69. The molecule has 3 rings (SSSR count). The van der Waals surface area contributed by atoms with E-state index < -0.39 is 0 Å². The van der Waals surface area contributed by atoms with Crippen molar-refractivity contribution < 1.29 is 9.50 Å². The molecule has 0 fully saturated rings. The zero-order valence-corrected chi connectivity index (χ0v) is 14.8. The Hall–Kier alpha value is -2.73. The maximum Gasteiger partial charge on any atom is 0.206 e. The van der Waals surface area contributed by atoms with Gasteiger partial charge in [-0.15, -0.1) is 11.3 Å². The maximum atomic E-state index is 14.2. The molecule has 1 aromatic heterocycles. The van der Waals surface area contributed by atoms with Crippen LogP contribution >= 0.6 is 11.3 Å². The van der Waals surface area contributed by atoms with Gasteiger partial charge in [-0.2, -0.15) is 5.10 Å². The van der Waals surface area contributed by atoms with Crippen molar-refractivity contribution in [1.82, 2.24) is 4.68 Å². The smallest absolute Gasteiger partial charge is 0.206 e. The number of halogens is 1. The van der Waals surface area contributed by atoms with Crippen molar-refractivity contribution >= 4 is 17.0 Å². The predicted molar refractivity (Wildman–Crippen MR) is 99.5 cm³/mol. The van der Waals surface area contributed by atoms with Crippen LogP contribution in [-0.4, -0.2) is 22.0 Å². The molecule has 3 aromatic rings. The van der Waals surface area contributed by atoms with Crippen LogP contribution in [0.3, 0.4) is 0 Å². The highest BCUT2D eigenvalue weighted by molar-refractivity contribution is 7.07. The highest BCUT2D eigenvalue weighted by Crippen LogP contribution is 2.23. The molecular formula is C19H18FN3OS. The molecule has 0 aliphatic carbocycles. The van der Waals surface area contributed by atoms with Crippen molar-refractivity contribution in [1.29, 1.82) is 0 Å². The fraction of sp³-hybridized carbons (Fsp3) is 0.158. The minimum Gasteiger partial charge on any atom is -0.508 e. The van der Waals surface area contributed by atoms with Crippen molar-refractivity contribution in [3.8, 4) is 17.0 Å². The summed E-state index contributed by atoms with van der Waals surface area (Å²) < 4.78 is 15.9. The Morgan fingerprint density at radius 1 is 1.16 bits per heavy atom. The summed E-state index contributed by atoms with van der Waals surface area (Å²) in [7, 11) is 0. The number of rotatable bonds is 4. The summed E-state index contributed by atoms with van der Waals surface area (Å²) in [4.78, 5) is 5.16. The Bertz CT molecular complexity index is 971. The van der Waals surface area contributed by atoms with Gasteiger partial charge >= 0.3 is 0 Å². The van der Waals surface area contributed by atoms with Gasteiger partial charge in [0, 0.05) is 17.5 Å². The van der Waals surface area contributed by atoms with Crippen LogP contribution < -0.4 is 4.80 Å². The number of aromatic hydroxyl groups is 1. The lowest BCUT2D eigenvalue weighted by Crippen LogP contribution is -2.14. The molecule has 1 heterocycles. The van der Waals surface area contributed by atoms with E-state index in [0.29, 0.717) is 22.6 Å². The number of phenols is 1. The first-order valence-corrected chi connectivity index (χ1v) is 8.79. The molecule has 6 heteroatoms. The monoisotopic (exact) mass is 355 g/mol. The first kappa shape index (κ1) is 17.1.